The van der Waals surface area contributed by atoms with Crippen molar-refractivity contribution >= 4 is 38.3 Å². The van der Waals surface area contributed by atoms with Crippen LogP contribution >= 0.6 is 27.5 Å². The molecule has 1 aliphatic carbocycles. The SMILES string of the molecule is CC1(C)c2cc(Cl)ccc2-c2c1ccc1cccc(Br)c21. The van der Waals surface area contributed by atoms with Gasteiger partial charge in [0.25, 0.3) is 0 Å². The van der Waals surface area contributed by atoms with Gasteiger partial charge in [-0.15, -0.1) is 0 Å². The molecule has 0 saturated carbocycles. The maximum Gasteiger partial charge on any atom is 0.0409 e. The molecular weight excluding hydrogens is 344 g/mol. The van der Waals surface area contributed by atoms with Crippen LogP contribution in [-0.2, 0) is 5.41 Å². The van der Waals surface area contributed by atoms with Crippen molar-refractivity contribution in [2.75, 3.05) is 0 Å². The average molecular weight is 358 g/mol. The van der Waals surface area contributed by atoms with Crippen LogP contribution < -0.4 is 0 Å². The molecule has 3 aromatic carbocycles. The first-order chi connectivity index (χ1) is 10.00. The number of hydrogen-bond donors (Lipinski definition) is 0. The van der Waals surface area contributed by atoms with Gasteiger partial charge < -0.3 is 0 Å². The quantitative estimate of drug-likeness (QED) is 0.427. The van der Waals surface area contributed by atoms with E-state index in [4.69, 9.17) is 11.6 Å². The van der Waals surface area contributed by atoms with Crippen molar-refractivity contribution in [3.05, 3.63) is 69.2 Å². The van der Waals surface area contributed by atoms with Gasteiger partial charge in [-0.2, -0.15) is 0 Å². The lowest BCUT2D eigenvalue weighted by molar-refractivity contribution is 0.661. The summed E-state index contributed by atoms with van der Waals surface area (Å²) in [5.41, 5.74) is 5.32. The molecule has 0 heterocycles. The molecule has 0 unspecified atom stereocenters. The van der Waals surface area contributed by atoms with Crippen LogP contribution in [0.3, 0.4) is 0 Å². The Morgan fingerprint density at radius 2 is 1.76 bits per heavy atom. The smallest absolute Gasteiger partial charge is 0.0409 e. The van der Waals surface area contributed by atoms with Crippen molar-refractivity contribution in [1.82, 2.24) is 0 Å². The van der Waals surface area contributed by atoms with Gasteiger partial charge in [-0.25, -0.2) is 0 Å². The van der Waals surface area contributed by atoms with Crippen molar-refractivity contribution in [2.45, 2.75) is 19.3 Å². The summed E-state index contributed by atoms with van der Waals surface area (Å²) in [4.78, 5) is 0. The predicted octanol–water partition coefficient (Wildman–Crippen LogP) is 6.56. The van der Waals surface area contributed by atoms with Crippen LogP contribution in [0.15, 0.2) is 53.0 Å². The van der Waals surface area contributed by atoms with Crippen LogP contribution in [0.5, 0.6) is 0 Å². The lowest BCUT2D eigenvalue weighted by Gasteiger charge is -2.21. The molecule has 0 aromatic heterocycles. The zero-order chi connectivity index (χ0) is 14.8. The maximum atomic E-state index is 6.23. The summed E-state index contributed by atoms with van der Waals surface area (Å²) >= 11 is 9.96. The van der Waals surface area contributed by atoms with Gasteiger partial charge in [0.2, 0.25) is 0 Å². The van der Waals surface area contributed by atoms with E-state index in [0.717, 1.165) is 9.50 Å². The van der Waals surface area contributed by atoms with Gasteiger partial charge >= 0.3 is 0 Å². The highest BCUT2D eigenvalue weighted by molar-refractivity contribution is 9.10. The molecule has 0 radical (unpaired) electrons. The third kappa shape index (κ3) is 1.74. The molecule has 4 rings (SSSR count). The normalized spacial score (nSPS) is 15.0. The van der Waals surface area contributed by atoms with Gasteiger partial charge in [-0.05, 0) is 45.8 Å². The largest absolute Gasteiger partial charge is 0.0843 e. The van der Waals surface area contributed by atoms with E-state index in [0.29, 0.717) is 0 Å². The molecule has 0 atom stereocenters. The molecule has 0 N–H and O–H groups in total. The Balaban J connectivity index is 2.22. The molecule has 1 aliphatic rings. The first-order valence-electron chi connectivity index (χ1n) is 7.02. The van der Waals surface area contributed by atoms with E-state index in [2.05, 4.69) is 72.2 Å². The van der Waals surface area contributed by atoms with Crippen molar-refractivity contribution in [2.24, 2.45) is 0 Å². The summed E-state index contributed by atoms with van der Waals surface area (Å²) in [6.07, 6.45) is 0. The van der Waals surface area contributed by atoms with Crippen molar-refractivity contribution in [3.63, 3.8) is 0 Å². The van der Waals surface area contributed by atoms with Crippen LogP contribution in [0.25, 0.3) is 21.9 Å². The predicted molar refractivity (Wildman–Crippen MR) is 94.2 cm³/mol. The monoisotopic (exact) mass is 356 g/mol. The van der Waals surface area contributed by atoms with E-state index in [1.165, 1.54) is 33.0 Å². The van der Waals surface area contributed by atoms with E-state index in [9.17, 15) is 0 Å². The van der Waals surface area contributed by atoms with Gasteiger partial charge in [-0.3, -0.25) is 0 Å². The Morgan fingerprint density at radius 1 is 0.952 bits per heavy atom. The fourth-order valence-electron chi connectivity index (χ4n) is 3.53. The third-order valence-corrected chi connectivity index (χ3v) is 5.49. The molecule has 0 amide bonds. The van der Waals surface area contributed by atoms with Gasteiger partial charge in [0.1, 0.15) is 0 Å². The molecule has 2 heteroatoms. The van der Waals surface area contributed by atoms with Gasteiger partial charge in [0.15, 0.2) is 0 Å². The second kappa shape index (κ2) is 4.34. The molecule has 0 spiro atoms. The summed E-state index contributed by atoms with van der Waals surface area (Å²) in [5, 5.41) is 3.36. The van der Waals surface area contributed by atoms with E-state index >= 15 is 0 Å². The first kappa shape index (κ1) is 13.4. The topological polar surface area (TPSA) is 0 Å². The third-order valence-electron chi connectivity index (χ3n) is 4.59. The highest BCUT2D eigenvalue weighted by Crippen LogP contribution is 2.52. The second-order valence-electron chi connectivity index (χ2n) is 6.14. The fourth-order valence-corrected chi connectivity index (χ4v) is 4.28. The molecule has 3 aromatic rings. The first-order valence-corrected chi connectivity index (χ1v) is 8.19. The van der Waals surface area contributed by atoms with Crippen molar-refractivity contribution < 1.29 is 0 Å². The van der Waals surface area contributed by atoms with E-state index in [1.807, 2.05) is 6.07 Å². The minimum absolute atomic E-state index is 0.0148. The Bertz CT molecular complexity index is 893. The molecule has 0 nitrogen and oxygen atoms in total. The summed E-state index contributed by atoms with van der Waals surface area (Å²) in [6.45, 7) is 4.55. The van der Waals surface area contributed by atoms with E-state index < -0.39 is 0 Å². The summed E-state index contributed by atoms with van der Waals surface area (Å²) in [5.74, 6) is 0. The minimum atomic E-state index is -0.0148. The number of hydrogen-bond acceptors (Lipinski definition) is 0. The lowest BCUT2D eigenvalue weighted by Crippen LogP contribution is -2.14. The van der Waals surface area contributed by atoms with E-state index in [1.54, 1.807) is 0 Å². The van der Waals surface area contributed by atoms with Gasteiger partial charge in [0, 0.05) is 20.3 Å². The zero-order valence-corrected chi connectivity index (χ0v) is 14.2. The van der Waals surface area contributed by atoms with Crippen molar-refractivity contribution in [3.8, 4) is 11.1 Å². The van der Waals surface area contributed by atoms with Crippen LogP contribution in [0.2, 0.25) is 5.02 Å². The average Bonchev–Trinajstić information content (AvgIpc) is 2.67. The van der Waals surface area contributed by atoms with Crippen molar-refractivity contribution in [1.29, 1.82) is 0 Å². The van der Waals surface area contributed by atoms with Crippen LogP contribution in [0.4, 0.5) is 0 Å². The van der Waals surface area contributed by atoms with Gasteiger partial charge in [0.05, 0.1) is 0 Å². The standard InChI is InChI=1S/C19H14BrCl/c1-19(2)14-9-6-11-4-3-5-16(20)17(11)18(14)13-8-7-12(21)10-15(13)19/h3-10H,1-2H3. The molecule has 0 aliphatic heterocycles. The second-order valence-corrected chi connectivity index (χ2v) is 7.43. The fraction of sp³-hybridized carbons (Fsp3) is 0.158. The summed E-state index contributed by atoms with van der Waals surface area (Å²) in [7, 11) is 0. The lowest BCUT2D eigenvalue weighted by atomic mass is 9.82. The summed E-state index contributed by atoms with van der Waals surface area (Å²) in [6, 6.07) is 17.1. The number of halogens is 2. The van der Waals surface area contributed by atoms with Crippen LogP contribution in [0, 0.1) is 0 Å². The maximum absolute atomic E-state index is 6.23. The zero-order valence-electron chi connectivity index (χ0n) is 11.9. The molecule has 0 bridgehead atoms. The Kier molecular flexibility index (Phi) is 2.76. The highest BCUT2D eigenvalue weighted by Gasteiger charge is 2.36. The number of benzene rings is 3. The Hall–Kier alpha value is -1.31. The number of fused-ring (bicyclic) bond motifs is 5. The minimum Gasteiger partial charge on any atom is -0.0843 e. The van der Waals surface area contributed by atoms with Crippen LogP contribution in [0.1, 0.15) is 25.0 Å². The molecular formula is C19H14BrCl. The van der Waals surface area contributed by atoms with E-state index in [-0.39, 0.29) is 5.41 Å². The molecule has 0 saturated heterocycles. The molecule has 104 valence electrons. The molecule has 0 fully saturated rings. The summed E-state index contributed by atoms with van der Waals surface area (Å²) < 4.78 is 1.15. The Labute approximate surface area is 137 Å². The number of rotatable bonds is 0. The van der Waals surface area contributed by atoms with Crippen LogP contribution in [-0.4, -0.2) is 0 Å². The Morgan fingerprint density at radius 3 is 2.57 bits per heavy atom. The van der Waals surface area contributed by atoms with Gasteiger partial charge in [-0.1, -0.05) is 71.7 Å². The highest BCUT2D eigenvalue weighted by atomic mass is 79.9. The molecule has 21 heavy (non-hydrogen) atoms.